The van der Waals surface area contributed by atoms with E-state index in [4.69, 9.17) is 0 Å². The van der Waals surface area contributed by atoms with Crippen molar-refractivity contribution >= 4 is 24.3 Å². The number of likely N-dealkylation sites (N-methyl/N-ethyl adjacent to an activating group) is 1. The van der Waals surface area contributed by atoms with Crippen molar-refractivity contribution in [1.29, 1.82) is 0 Å². The Balaban J connectivity index is 0.00000264. The van der Waals surface area contributed by atoms with Crippen molar-refractivity contribution in [2.45, 2.75) is 52.5 Å². The zero-order valence-electron chi connectivity index (χ0n) is 14.7. The van der Waals surface area contributed by atoms with Gasteiger partial charge in [-0.1, -0.05) is 20.3 Å². The van der Waals surface area contributed by atoms with E-state index in [0.29, 0.717) is 19.0 Å². The van der Waals surface area contributed by atoms with E-state index < -0.39 is 11.4 Å². The number of hydrogen-bond acceptors (Lipinski definition) is 3. The molecule has 1 heterocycles. The number of amides is 1. The molecule has 0 aromatic rings. The van der Waals surface area contributed by atoms with Crippen LogP contribution in [0.3, 0.4) is 0 Å². The second-order valence-corrected chi connectivity index (χ2v) is 7.70. The standard InChI is InChI=1S/C17H30N2O3.ClH/c1-12(2)8-13(3)18(4)15(20)10-19-9-14-6-5-7-17(14,11-19)16(21)22;/h12-14H,5-11H2,1-4H3,(H,21,22);1H/t13?,14-,17+;/m0./s1. The van der Waals surface area contributed by atoms with E-state index in [0.717, 1.165) is 32.2 Å². The van der Waals surface area contributed by atoms with Crippen LogP contribution in [0.15, 0.2) is 0 Å². The van der Waals surface area contributed by atoms with Crippen molar-refractivity contribution in [3.63, 3.8) is 0 Å². The van der Waals surface area contributed by atoms with E-state index in [2.05, 4.69) is 25.7 Å². The van der Waals surface area contributed by atoms with Crippen LogP contribution in [0, 0.1) is 17.3 Å². The zero-order chi connectivity index (χ0) is 16.5. The molecule has 3 atom stereocenters. The molecule has 2 fully saturated rings. The first-order chi connectivity index (χ1) is 10.3. The summed E-state index contributed by atoms with van der Waals surface area (Å²) >= 11 is 0. The first-order valence-corrected chi connectivity index (χ1v) is 8.47. The fourth-order valence-corrected chi connectivity index (χ4v) is 4.25. The summed E-state index contributed by atoms with van der Waals surface area (Å²) in [6.45, 7) is 8.04. The van der Waals surface area contributed by atoms with Crippen LogP contribution in [-0.4, -0.2) is 59.5 Å². The Kier molecular flexibility index (Phi) is 6.90. The molecule has 0 spiro atoms. The molecule has 6 heteroatoms. The maximum absolute atomic E-state index is 12.5. The fraction of sp³-hybridized carbons (Fsp3) is 0.882. The third kappa shape index (κ3) is 4.18. The van der Waals surface area contributed by atoms with Crippen LogP contribution < -0.4 is 0 Å². The fourth-order valence-electron chi connectivity index (χ4n) is 4.25. The lowest BCUT2D eigenvalue weighted by Gasteiger charge is -2.29. The number of aliphatic carboxylic acids is 1. The van der Waals surface area contributed by atoms with Crippen LogP contribution in [-0.2, 0) is 9.59 Å². The summed E-state index contributed by atoms with van der Waals surface area (Å²) in [6, 6.07) is 0.225. The molecule has 0 radical (unpaired) electrons. The summed E-state index contributed by atoms with van der Waals surface area (Å²) < 4.78 is 0. The van der Waals surface area contributed by atoms with Gasteiger partial charge in [-0.15, -0.1) is 12.4 Å². The summed E-state index contributed by atoms with van der Waals surface area (Å²) in [6.07, 6.45) is 3.74. The Bertz CT molecular complexity index is 444. The van der Waals surface area contributed by atoms with E-state index in [1.54, 1.807) is 0 Å². The van der Waals surface area contributed by atoms with E-state index >= 15 is 0 Å². The maximum Gasteiger partial charge on any atom is 0.311 e. The Hall–Kier alpha value is -0.810. The van der Waals surface area contributed by atoms with Gasteiger partial charge >= 0.3 is 5.97 Å². The largest absolute Gasteiger partial charge is 0.481 e. The van der Waals surface area contributed by atoms with Gasteiger partial charge in [-0.3, -0.25) is 14.5 Å². The number of carbonyl (C=O) groups excluding carboxylic acids is 1. The smallest absolute Gasteiger partial charge is 0.311 e. The van der Waals surface area contributed by atoms with Gasteiger partial charge in [0.1, 0.15) is 0 Å². The van der Waals surface area contributed by atoms with Crippen LogP contribution in [0.25, 0.3) is 0 Å². The van der Waals surface area contributed by atoms with Gasteiger partial charge in [0.05, 0.1) is 12.0 Å². The Morgan fingerprint density at radius 3 is 2.52 bits per heavy atom. The average Bonchev–Trinajstić information content (AvgIpc) is 2.94. The highest BCUT2D eigenvalue weighted by Crippen LogP contribution is 2.48. The first kappa shape index (κ1) is 20.2. The van der Waals surface area contributed by atoms with Crippen LogP contribution in [0.5, 0.6) is 0 Å². The molecule has 1 aliphatic carbocycles. The minimum Gasteiger partial charge on any atom is -0.481 e. The molecule has 1 aliphatic heterocycles. The maximum atomic E-state index is 12.5. The van der Waals surface area contributed by atoms with E-state index in [1.807, 2.05) is 11.9 Å². The van der Waals surface area contributed by atoms with Gasteiger partial charge < -0.3 is 10.0 Å². The van der Waals surface area contributed by atoms with Gasteiger partial charge in [0.2, 0.25) is 5.91 Å². The second-order valence-electron chi connectivity index (χ2n) is 7.70. The molecule has 1 saturated heterocycles. The summed E-state index contributed by atoms with van der Waals surface area (Å²) in [5.41, 5.74) is -0.595. The molecule has 5 nitrogen and oxygen atoms in total. The normalized spacial score (nSPS) is 28.3. The highest BCUT2D eigenvalue weighted by atomic mass is 35.5. The first-order valence-electron chi connectivity index (χ1n) is 8.47. The number of likely N-dealkylation sites (tertiary alicyclic amines) is 1. The quantitative estimate of drug-likeness (QED) is 0.802. The van der Waals surface area contributed by atoms with Crippen molar-refractivity contribution in [1.82, 2.24) is 9.80 Å². The SMILES string of the molecule is CC(C)CC(C)N(C)C(=O)CN1C[C@@H]2CCC[C@@]2(C(=O)O)C1.Cl. The van der Waals surface area contributed by atoms with Crippen LogP contribution in [0.2, 0.25) is 0 Å². The monoisotopic (exact) mass is 346 g/mol. The molecule has 1 saturated carbocycles. The molecule has 0 aromatic heterocycles. The lowest BCUT2D eigenvalue weighted by Crippen LogP contribution is -2.43. The van der Waals surface area contributed by atoms with Gasteiger partial charge in [-0.25, -0.2) is 0 Å². The third-order valence-corrected chi connectivity index (χ3v) is 5.59. The topological polar surface area (TPSA) is 60.9 Å². The molecule has 1 amide bonds. The highest BCUT2D eigenvalue weighted by molar-refractivity contribution is 5.85. The molecule has 2 rings (SSSR count). The summed E-state index contributed by atoms with van der Waals surface area (Å²) in [7, 11) is 1.86. The van der Waals surface area contributed by atoms with Crippen LogP contribution in [0.4, 0.5) is 0 Å². The molecule has 0 aromatic carbocycles. The summed E-state index contributed by atoms with van der Waals surface area (Å²) in [4.78, 5) is 28.0. The van der Waals surface area contributed by atoms with Crippen molar-refractivity contribution in [2.75, 3.05) is 26.7 Å². The van der Waals surface area contributed by atoms with Gasteiger partial charge in [0.25, 0.3) is 0 Å². The molecular weight excluding hydrogens is 316 g/mol. The Labute approximate surface area is 145 Å². The third-order valence-electron chi connectivity index (χ3n) is 5.59. The van der Waals surface area contributed by atoms with Crippen molar-refractivity contribution in [3.8, 4) is 0 Å². The van der Waals surface area contributed by atoms with Gasteiger partial charge in [0.15, 0.2) is 0 Å². The molecule has 23 heavy (non-hydrogen) atoms. The number of halogens is 1. The number of rotatable bonds is 6. The predicted molar refractivity (Wildman–Crippen MR) is 92.8 cm³/mol. The number of fused-ring (bicyclic) bond motifs is 1. The average molecular weight is 347 g/mol. The van der Waals surface area contributed by atoms with Crippen molar-refractivity contribution in [2.24, 2.45) is 17.3 Å². The highest BCUT2D eigenvalue weighted by Gasteiger charge is 2.54. The second kappa shape index (κ2) is 7.84. The number of hydrogen-bond donors (Lipinski definition) is 1. The number of carbonyl (C=O) groups is 2. The van der Waals surface area contributed by atoms with Crippen LogP contribution >= 0.6 is 12.4 Å². The zero-order valence-corrected chi connectivity index (χ0v) is 15.6. The summed E-state index contributed by atoms with van der Waals surface area (Å²) in [5.74, 6) is 0.211. The molecule has 2 aliphatic rings. The lowest BCUT2D eigenvalue weighted by atomic mass is 9.81. The molecule has 1 unspecified atom stereocenters. The van der Waals surface area contributed by atoms with E-state index in [1.165, 1.54) is 0 Å². The Morgan fingerprint density at radius 2 is 2.00 bits per heavy atom. The summed E-state index contributed by atoms with van der Waals surface area (Å²) in [5, 5.41) is 9.60. The lowest BCUT2D eigenvalue weighted by molar-refractivity contribution is -0.149. The molecule has 134 valence electrons. The van der Waals surface area contributed by atoms with Crippen LogP contribution in [0.1, 0.15) is 46.5 Å². The number of carboxylic acids is 1. The minimum atomic E-state index is -0.675. The van der Waals surface area contributed by atoms with Gasteiger partial charge in [0, 0.05) is 26.2 Å². The van der Waals surface area contributed by atoms with E-state index in [9.17, 15) is 14.7 Å². The van der Waals surface area contributed by atoms with Gasteiger partial charge in [-0.2, -0.15) is 0 Å². The van der Waals surface area contributed by atoms with Crippen molar-refractivity contribution in [3.05, 3.63) is 0 Å². The minimum absolute atomic E-state index is 0. The number of carboxylic acid groups (broad SMARTS) is 1. The van der Waals surface area contributed by atoms with Crippen molar-refractivity contribution < 1.29 is 14.7 Å². The van der Waals surface area contributed by atoms with E-state index in [-0.39, 0.29) is 30.3 Å². The molecule has 0 bridgehead atoms. The molecule has 1 N–H and O–H groups in total. The Morgan fingerprint density at radius 1 is 1.35 bits per heavy atom. The number of nitrogens with zero attached hydrogens (tertiary/aromatic N) is 2. The predicted octanol–water partition coefficient (Wildman–Crippen LogP) is 2.49. The molecular formula is C17H31ClN2O3. The van der Waals surface area contributed by atoms with Gasteiger partial charge in [-0.05, 0) is 38.0 Å².